The molecule has 0 aliphatic rings. The SMILES string of the molecule is NCc1cn(-c2ccc(F)c(Br)c2)nn1. The summed E-state index contributed by atoms with van der Waals surface area (Å²) in [5.41, 5.74) is 6.83. The van der Waals surface area contributed by atoms with E-state index < -0.39 is 0 Å². The molecule has 2 N–H and O–H groups in total. The molecule has 2 rings (SSSR count). The van der Waals surface area contributed by atoms with Gasteiger partial charge in [0.15, 0.2) is 0 Å². The van der Waals surface area contributed by atoms with E-state index in [-0.39, 0.29) is 5.82 Å². The molecule has 0 atom stereocenters. The second-order valence-corrected chi connectivity index (χ2v) is 3.81. The Hall–Kier alpha value is -1.27. The van der Waals surface area contributed by atoms with Crippen LogP contribution in [-0.2, 0) is 6.54 Å². The average Bonchev–Trinajstić information content (AvgIpc) is 2.70. The molecule has 0 unspecified atom stereocenters. The average molecular weight is 271 g/mol. The summed E-state index contributed by atoms with van der Waals surface area (Å²) >= 11 is 3.11. The number of benzene rings is 1. The fourth-order valence-corrected chi connectivity index (χ4v) is 1.51. The molecular weight excluding hydrogens is 263 g/mol. The Bertz CT molecular complexity index is 483. The van der Waals surface area contributed by atoms with Crippen molar-refractivity contribution in [2.45, 2.75) is 6.54 Å². The van der Waals surface area contributed by atoms with Crippen molar-refractivity contribution in [1.82, 2.24) is 15.0 Å². The van der Waals surface area contributed by atoms with Crippen LogP contribution >= 0.6 is 15.9 Å². The van der Waals surface area contributed by atoms with Gasteiger partial charge in [-0.15, -0.1) is 5.10 Å². The lowest BCUT2D eigenvalue weighted by molar-refractivity contribution is 0.620. The minimum absolute atomic E-state index is 0.307. The van der Waals surface area contributed by atoms with Crippen LogP contribution in [0, 0.1) is 5.82 Å². The third-order valence-electron chi connectivity index (χ3n) is 1.92. The van der Waals surface area contributed by atoms with E-state index in [1.54, 1.807) is 23.0 Å². The van der Waals surface area contributed by atoms with E-state index in [2.05, 4.69) is 26.2 Å². The van der Waals surface area contributed by atoms with Gasteiger partial charge in [-0.25, -0.2) is 9.07 Å². The smallest absolute Gasteiger partial charge is 0.137 e. The molecule has 0 fully saturated rings. The first-order valence-electron chi connectivity index (χ1n) is 4.27. The summed E-state index contributed by atoms with van der Waals surface area (Å²) in [5, 5.41) is 7.71. The van der Waals surface area contributed by atoms with Crippen molar-refractivity contribution in [3.8, 4) is 5.69 Å². The van der Waals surface area contributed by atoms with Crippen molar-refractivity contribution >= 4 is 15.9 Å². The second-order valence-electron chi connectivity index (χ2n) is 2.96. The Labute approximate surface area is 94.0 Å². The Morgan fingerprint density at radius 3 is 2.87 bits per heavy atom. The highest BCUT2D eigenvalue weighted by Crippen LogP contribution is 2.18. The molecule has 1 aromatic heterocycles. The molecule has 1 heterocycles. The topological polar surface area (TPSA) is 56.7 Å². The molecule has 0 saturated carbocycles. The maximum atomic E-state index is 13.0. The lowest BCUT2D eigenvalue weighted by Crippen LogP contribution is -1.96. The molecule has 6 heteroatoms. The third kappa shape index (κ3) is 2.05. The highest BCUT2D eigenvalue weighted by molar-refractivity contribution is 9.10. The molecule has 2 aromatic rings. The van der Waals surface area contributed by atoms with Gasteiger partial charge in [0.25, 0.3) is 0 Å². The summed E-state index contributed by atoms with van der Waals surface area (Å²) < 4.78 is 14.9. The Kier molecular flexibility index (Phi) is 2.79. The van der Waals surface area contributed by atoms with Crippen LogP contribution in [-0.4, -0.2) is 15.0 Å². The first-order valence-corrected chi connectivity index (χ1v) is 5.06. The standard InChI is InChI=1S/C9H8BrFN4/c10-8-3-7(1-2-9(8)11)15-5-6(4-12)13-14-15/h1-3,5H,4,12H2. The fourth-order valence-electron chi connectivity index (χ4n) is 1.15. The summed E-state index contributed by atoms with van der Waals surface area (Å²) in [5.74, 6) is -0.307. The minimum atomic E-state index is -0.307. The van der Waals surface area contributed by atoms with E-state index in [0.29, 0.717) is 16.7 Å². The van der Waals surface area contributed by atoms with Crippen LogP contribution in [0.1, 0.15) is 5.69 Å². The quantitative estimate of drug-likeness (QED) is 0.903. The predicted octanol–water partition coefficient (Wildman–Crippen LogP) is 1.63. The number of halogens is 2. The number of hydrogen-bond donors (Lipinski definition) is 1. The van der Waals surface area contributed by atoms with E-state index in [1.807, 2.05) is 0 Å². The van der Waals surface area contributed by atoms with Crippen LogP contribution in [0.15, 0.2) is 28.9 Å². The largest absolute Gasteiger partial charge is 0.325 e. The molecule has 0 amide bonds. The van der Waals surface area contributed by atoms with Crippen LogP contribution in [0.4, 0.5) is 4.39 Å². The molecule has 15 heavy (non-hydrogen) atoms. The molecule has 4 nitrogen and oxygen atoms in total. The lowest BCUT2D eigenvalue weighted by Gasteiger charge is -2.00. The van der Waals surface area contributed by atoms with Crippen molar-refractivity contribution in [1.29, 1.82) is 0 Å². The molecule has 1 aromatic carbocycles. The number of nitrogens with two attached hydrogens (primary N) is 1. The van der Waals surface area contributed by atoms with E-state index in [9.17, 15) is 4.39 Å². The number of nitrogens with zero attached hydrogens (tertiary/aromatic N) is 3. The Morgan fingerprint density at radius 2 is 2.27 bits per heavy atom. The Balaban J connectivity index is 2.40. The number of aromatic nitrogens is 3. The minimum Gasteiger partial charge on any atom is -0.325 e. The van der Waals surface area contributed by atoms with Gasteiger partial charge in [0.1, 0.15) is 5.82 Å². The van der Waals surface area contributed by atoms with Gasteiger partial charge in [0.2, 0.25) is 0 Å². The summed E-state index contributed by atoms with van der Waals surface area (Å²) in [7, 11) is 0. The van der Waals surface area contributed by atoms with E-state index in [1.165, 1.54) is 6.07 Å². The normalized spacial score (nSPS) is 10.6. The van der Waals surface area contributed by atoms with Gasteiger partial charge in [0.05, 0.1) is 22.1 Å². The molecule has 0 radical (unpaired) electrons. The molecule has 0 saturated heterocycles. The first kappa shape index (κ1) is 10.3. The zero-order valence-corrected chi connectivity index (χ0v) is 9.28. The van der Waals surface area contributed by atoms with E-state index in [4.69, 9.17) is 5.73 Å². The van der Waals surface area contributed by atoms with Gasteiger partial charge in [-0.2, -0.15) is 0 Å². The monoisotopic (exact) mass is 270 g/mol. The van der Waals surface area contributed by atoms with Crippen molar-refractivity contribution < 1.29 is 4.39 Å². The van der Waals surface area contributed by atoms with E-state index >= 15 is 0 Å². The summed E-state index contributed by atoms with van der Waals surface area (Å²) in [4.78, 5) is 0. The fraction of sp³-hybridized carbons (Fsp3) is 0.111. The van der Waals surface area contributed by atoms with Crippen LogP contribution in [0.25, 0.3) is 5.69 Å². The van der Waals surface area contributed by atoms with Gasteiger partial charge in [-0.05, 0) is 34.1 Å². The summed E-state index contributed by atoms with van der Waals surface area (Å²) in [6, 6.07) is 4.61. The molecule has 0 spiro atoms. The Morgan fingerprint density at radius 1 is 1.47 bits per heavy atom. The molecule has 0 aliphatic carbocycles. The van der Waals surface area contributed by atoms with Crippen LogP contribution in [0.3, 0.4) is 0 Å². The van der Waals surface area contributed by atoms with Gasteiger partial charge in [0, 0.05) is 6.54 Å². The van der Waals surface area contributed by atoms with Crippen molar-refractivity contribution in [2.75, 3.05) is 0 Å². The molecule has 0 bridgehead atoms. The lowest BCUT2D eigenvalue weighted by atomic mass is 10.3. The van der Waals surface area contributed by atoms with E-state index in [0.717, 1.165) is 5.69 Å². The van der Waals surface area contributed by atoms with Crippen LogP contribution in [0.5, 0.6) is 0 Å². The highest BCUT2D eigenvalue weighted by atomic mass is 79.9. The maximum Gasteiger partial charge on any atom is 0.137 e. The number of rotatable bonds is 2. The highest BCUT2D eigenvalue weighted by Gasteiger charge is 2.04. The zero-order chi connectivity index (χ0) is 10.8. The van der Waals surface area contributed by atoms with Crippen LogP contribution < -0.4 is 5.73 Å². The second kappa shape index (κ2) is 4.08. The zero-order valence-electron chi connectivity index (χ0n) is 7.69. The molecule has 0 aliphatic heterocycles. The summed E-state index contributed by atoms with van der Waals surface area (Å²) in [6.07, 6.45) is 1.71. The van der Waals surface area contributed by atoms with Gasteiger partial charge < -0.3 is 5.73 Å². The maximum absolute atomic E-state index is 13.0. The molecule has 78 valence electrons. The van der Waals surface area contributed by atoms with Gasteiger partial charge in [-0.3, -0.25) is 0 Å². The van der Waals surface area contributed by atoms with Crippen molar-refractivity contribution in [2.24, 2.45) is 5.73 Å². The van der Waals surface area contributed by atoms with Gasteiger partial charge in [-0.1, -0.05) is 5.21 Å². The van der Waals surface area contributed by atoms with Crippen molar-refractivity contribution in [3.05, 3.63) is 40.4 Å². The number of hydrogen-bond acceptors (Lipinski definition) is 3. The van der Waals surface area contributed by atoms with Crippen molar-refractivity contribution in [3.63, 3.8) is 0 Å². The third-order valence-corrected chi connectivity index (χ3v) is 2.53. The summed E-state index contributed by atoms with van der Waals surface area (Å²) in [6.45, 7) is 0.336. The first-order chi connectivity index (χ1) is 7.20. The predicted molar refractivity (Wildman–Crippen MR) is 56.9 cm³/mol. The van der Waals surface area contributed by atoms with Crippen LogP contribution in [0.2, 0.25) is 0 Å². The van der Waals surface area contributed by atoms with Gasteiger partial charge >= 0.3 is 0 Å². The molecular formula is C9H8BrFN4.